The van der Waals surface area contributed by atoms with E-state index in [9.17, 15) is 4.79 Å². The summed E-state index contributed by atoms with van der Waals surface area (Å²) in [7, 11) is 0. The fourth-order valence-electron chi connectivity index (χ4n) is 0.588. The molecule has 11 heavy (non-hydrogen) atoms. The molecule has 0 bridgehead atoms. The van der Waals surface area contributed by atoms with Crippen molar-refractivity contribution in [3.63, 3.8) is 0 Å². The summed E-state index contributed by atoms with van der Waals surface area (Å²) in [5, 5.41) is 5.55. The second-order valence-corrected chi connectivity index (χ2v) is 2.38. The number of hydrogen-bond acceptors (Lipinski definition) is 3. The highest BCUT2D eigenvalue weighted by Crippen LogP contribution is 1.72. The summed E-state index contributed by atoms with van der Waals surface area (Å²) < 4.78 is 0. The Bertz CT molecular complexity index is 117. The van der Waals surface area contributed by atoms with E-state index in [1.165, 1.54) is 0 Å². The first-order valence-electron chi connectivity index (χ1n) is 3.63. The highest BCUT2D eigenvalue weighted by molar-refractivity contribution is 5.71. The Kier molecular flexibility index (Phi) is 5.50. The number of carbonyl (C=O) groups is 1. The summed E-state index contributed by atoms with van der Waals surface area (Å²) >= 11 is 0. The van der Waals surface area contributed by atoms with Crippen LogP contribution < -0.4 is 22.1 Å². The van der Waals surface area contributed by atoms with E-state index in [1.54, 1.807) is 0 Å². The van der Waals surface area contributed by atoms with Crippen LogP contribution in [0.3, 0.4) is 0 Å². The van der Waals surface area contributed by atoms with Crippen molar-refractivity contribution in [2.45, 2.75) is 13.0 Å². The number of rotatable bonds is 5. The van der Waals surface area contributed by atoms with Gasteiger partial charge in [0.2, 0.25) is 0 Å². The Morgan fingerprint density at radius 2 is 2.18 bits per heavy atom. The lowest BCUT2D eigenvalue weighted by Gasteiger charge is -2.10. The maximum atomic E-state index is 10.2. The van der Waals surface area contributed by atoms with Gasteiger partial charge in [0.1, 0.15) is 0 Å². The van der Waals surface area contributed by atoms with Gasteiger partial charge in [-0.3, -0.25) is 0 Å². The molecule has 0 radical (unpaired) electrons. The van der Waals surface area contributed by atoms with E-state index >= 15 is 0 Å². The van der Waals surface area contributed by atoms with Crippen LogP contribution in [0.15, 0.2) is 0 Å². The van der Waals surface area contributed by atoms with Crippen molar-refractivity contribution in [2.75, 3.05) is 19.6 Å². The molecule has 0 aliphatic rings. The van der Waals surface area contributed by atoms with Crippen molar-refractivity contribution in [1.82, 2.24) is 10.6 Å². The van der Waals surface area contributed by atoms with Crippen molar-refractivity contribution in [3.8, 4) is 0 Å². The molecule has 0 spiro atoms. The van der Waals surface area contributed by atoms with Crippen LogP contribution in [0.1, 0.15) is 6.92 Å². The maximum absolute atomic E-state index is 10.2. The summed E-state index contributed by atoms with van der Waals surface area (Å²) in [6, 6.07) is -0.211. The number of urea groups is 1. The minimum atomic E-state index is -0.493. The minimum Gasteiger partial charge on any atom is -0.352 e. The second kappa shape index (κ2) is 5.94. The van der Waals surface area contributed by atoms with E-state index in [4.69, 9.17) is 11.5 Å². The van der Waals surface area contributed by atoms with Gasteiger partial charge in [0.25, 0.3) is 0 Å². The third-order valence-corrected chi connectivity index (χ3v) is 1.27. The summed E-state index contributed by atoms with van der Waals surface area (Å²) in [6.45, 7) is 3.81. The topological polar surface area (TPSA) is 93.2 Å². The molecule has 0 fully saturated rings. The van der Waals surface area contributed by atoms with Gasteiger partial charge in [0.15, 0.2) is 0 Å². The van der Waals surface area contributed by atoms with E-state index in [1.807, 2.05) is 6.92 Å². The SMILES string of the molecule is CC(CN)NCCNC(N)=O. The minimum absolute atomic E-state index is 0.282. The fraction of sp³-hybridized carbons (Fsp3) is 0.833. The van der Waals surface area contributed by atoms with Crippen LogP contribution in [0, 0.1) is 0 Å². The van der Waals surface area contributed by atoms with Crippen LogP contribution in [0.4, 0.5) is 4.79 Å². The zero-order valence-corrected chi connectivity index (χ0v) is 6.76. The zero-order chi connectivity index (χ0) is 8.69. The van der Waals surface area contributed by atoms with Gasteiger partial charge < -0.3 is 22.1 Å². The Morgan fingerprint density at radius 3 is 2.64 bits per heavy atom. The van der Waals surface area contributed by atoms with Gasteiger partial charge in [-0.05, 0) is 6.92 Å². The molecular weight excluding hydrogens is 144 g/mol. The first-order valence-corrected chi connectivity index (χ1v) is 3.63. The molecule has 0 heterocycles. The molecule has 0 aliphatic carbocycles. The average Bonchev–Trinajstić information content (AvgIpc) is 1.97. The van der Waals surface area contributed by atoms with Gasteiger partial charge in [-0.25, -0.2) is 4.79 Å². The van der Waals surface area contributed by atoms with Crippen LogP contribution in [-0.2, 0) is 0 Å². The van der Waals surface area contributed by atoms with Crippen LogP contribution in [0.25, 0.3) is 0 Å². The van der Waals surface area contributed by atoms with Gasteiger partial charge in [-0.2, -0.15) is 0 Å². The lowest BCUT2D eigenvalue weighted by atomic mass is 10.3. The van der Waals surface area contributed by atoms with E-state index in [0.717, 1.165) is 0 Å². The number of carbonyl (C=O) groups excluding carboxylic acids is 1. The molecule has 6 N–H and O–H groups in total. The smallest absolute Gasteiger partial charge is 0.312 e. The molecule has 0 saturated carbocycles. The Labute approximate surface area is 66.5 Å². The molecule has 0 aromatic carbocycles. The molecule has 0 aromatic heterocycles. The van der Waals surface area contributed by atoms with Gasteiger partial charge >= 0.3 is 6.03 Å². The standard InChI is InChI=1S/C6H16N4O/c1-5(4-7)9-2-3-10-6(8)11/h5,9H,2-4,7H2,1H3,(H3,8,10,11). The summed E-state index contributed by atoms with van der Waals surface area (Å²) in [4.78, 5) is 10.2. The van der Waals surface area contributed by atoms with Gasteiger partial charge in [0.05, 0.1) is 0 Å². The van der Waals surface area contributed by atoms with Crippen molar-refractivity contribution in [1.29, 1.82) is 0 Å². The van der Waals surface area contributed by atoms with E-state index in [-0.39, 0.29) is 6.04 Å². The Hall–Kier alpha value is -0.810. The summed E-state index contributed by atoms with van der Waals surface area (Å²) in [5.74, 6) is 0. The molecule has 0 aromatic rings. The highest BCUT2D eigenvalue weighted by Gasteiger charge is 1.96. The largest absolute Gasteiger partial charge is 0.352 e. The molecule has 0 aliphatic heterocycles. The normalized spacial score (nSPS) is 12.5. The number of hydrogen-bond donors (Lipinski definition) is 4. The van der Waals surface area contributed by atoms with Crippen LogP contribution in [0.2, 0.25) is 0 Å². The predicted octanol–water partition coefficient (Wildman–Crippen LogP) is -1.41. The third kappa shape index (κ3) is 7.08. The van der Waals surface area contributed by atoms with Crippen molar-refractivity contribution in [2.24, 2.45) is 11.5 Å². The van der Waals surface area contributed by atoms with Crippen molar-refractivity contribution in [3.05, 3.63) is 0 Å². The molecule has 0 rings (SSSR count). The van der Waals surface area contributed by atoms with Crippen molar-refractivity contribution < 1.29 is 4.79 Å². The van der Waals surface area contributed by atoms with Crippen molar-refractivity contribution >= 4 is 6.03 Å². The van der Waals surface area contributed by atoms with Crippen LogP contribution in [0.5, 0.6) is 0 Å². The summed E-state index contributed by atoms with van der Waals surface area (Å²) in [6.07, 6.45) is 0. The van der Waals surface area contributed by atoms with E-state index < -0.39 is 6.03 Å². The molecule has 5 nitrogen and oxygen atoms in total. The molecule has 0 saturated heterocycles. The summed E-state index contributed by atoms with van der Waals surface area (Å²) in [5.41, 5.74) is 10.2. The molecule has 1 atom stereocenters. The third-order valence-electron chi connectivity index (χ3n) is 1.27. The molecule has 1 unspecified atom stereocenters. The molecular formula is C6H16N4O. The van der Waals surface area contributed by atoms with Crippen LogP contribution >= 0.6 is 0 Å². The monoisotopic (exact) mass is 160 g/mol. The first kappa shape index (κ1) is 10.2. The molecule has 2 amide bonds. The Morgan fingerprint density at radius 1 is 1.55 bits per heavy atom. The maximum Gasteiger partial charge on any atom is 0.312 e. The van der Waals surface area contributed by atoms with Gasteiger partial charge in [-0.15, -0.1) is 0 Å². The lowest BCUT2D eigenvalue weighted by molar-refractivity contribution is 0.249. The number of amides is 2. The van der Waals surface area contributed by atoms with E-state index in [2.05, 4.69) is 10.6 Å². The number of primary amides is 1. The van der Waals surface area contributed by atoms with Gasteiger partial charge in [0, 0.05) is 25.7 Å². The highest BCUT2D eigenvalue weighted by atomic mass is 16.2. The Balaban J connectivity index is 3.08. The fourth-order valence-corrected chi connectivity index (χ4v) is 0.588. The second-order valence-electron chi connectivity index (χ2n) is 2.38. The zero-order valence-electron chi connectivity index (χ0n) is 6.76. The number of nitrogens with two attached hydrogens (primary N) is 2. The van der Waals surface area contributed by atoms with Gasteiger partial charge in [-0.1, -0.05) is 0 Å². The lowest BCUT2D eigenvalue weighted by Crippen LogP contribution is -2.40. The average molecular weight is 160 g/mol. The number of nitrogens with one attached hydrogen (secondary N) is 2. The molecule has 5 heteroatoms. The first-order chi connectivity index (χ1) is 5.16. The van der Waals surface area contributed by atoms with E-state index in [0.29, 0.717) is 19.6 Å². The molecule has 66 valence electrons. The predicted molar refractivity (Wildman–Crippen MR) is 44.1 cm³/mol. The van der Waals surface area contributed by atoms with Crippen LogP contribution in [-0.4, -0.2) is 31.7 Å². The quantitative estimate of drug-likeness (QED) is 0.372.